The first-order valence-corrected chi connectivity index (χ1v) is 7.06. The predicted octanol–water partition coefficient (Wildman–Crippen LogP) is 0.282. The molecule has 0 atom stereocenters. The molecule has 0 aliphatic carbocycles. The lowest BCUT2D eigenvalue weighted by Crippen LogP contribution is -2.26. The summed E-state index contributed by atoms with van der Waals surface area (Å²) in [6.07, 6.45) is 0. The van der Waals surface area contributed by atoms with E-state index in [1.54, 1.807) is 12.1 Å². The molecule has 0 unspecified atom stereocenters. The number of hydrogen-bond acceptors (Lipinski definition) is 4. The lowest BCUT2D eigenvalue weighted by atomic mass is 10.2. The zero-order valence-corrected chi connectivity index (χ0v) is 11.1. The Morgan fingerprint density at radius 3 is 2.65 bits per heavy atom. The van der Waals surface area contributed by atoms with E-state index in [0.29, 0.717) is 12.1 Å². The number of sulfonamides is 1. The van der Waals surface area contributed by atoms with Crippen molar-refractivity contribution in [3.05, 3.63) is 29.8 Å². The molecular weight excluding hydrogens is 258 g/mol. The van der Waals surface area contributed by atoms with Gasteiger partial charge in [-0.1, -0.05) is 24.4 Å². The van der Waals surface area contributed by atoms with Gasteiger partial charge in [0.1, 0.15) is 4.99 Å². The predicted molar refractivity (Wildman–Crippen MR) is 73.7 cm³/mol. The Morgan fingerprint density at radius 1 is 1.41 bits per heavy atom. The fourth-order valence-electron chi connectivity index (χ4n) is 1.27. The molecule has 0 fully saturated rings. The highest BCUT2D eigenvalue weighted by Gasteiger charge is 2.07. The van der Waals surface area contributed by atoms with Crippen LogP contribution in [0, 0.1) is 0 Å². The number of rotatable bonds is 6. The van der Waals surface area contributed by atoms with Gasteiger partial charge >= 0.3 is 0 Å². The van der Waals surface area contributed by atoms with Crippen molar-refractivity contribution in [2.24, 2.45) is 5.73 Å². The molecule has 1 rings (SSSR count). The van der Waals surface area contributed by atoms with Gasteiger partial charge < -0.3 is 11.1 Å². The smallest absolute Gasteiger partial charge is 0.213 e. The van der Waals surface area contributed by atoms with Gasteiger partial charge in [-0.15, -0.1) is 0 Å². The summed E-state index contributed by atoms with van der Waals surface area (Å²) in [6, 6.07) is 7.25. The number of para-hydroxylation sites is 1. The standard InChI is InChI=1S/C10H15N3O2S2/c1-12-17(14,15)7-6-13-9-5-3-2-4-8(9)10(11)16/h2-5,12-13H,6-7H2,1H3,(H2,11,16). The maximum atomic E-state index is 11.2. The van der Waals surface area contributed by atoms with Crippen LogP contribution in [0.25, 0.3) is 0 Å². The van der Waals surface area contributed by atoms with Crippen molar-refractivity contribution in [1.82, 2.24) is 4.72 Å². The Labute approximate surface area is 106 Å². The van der Waals surface area contributed by atoms with E-state index >= 15 is 0 Å². The van der Waals surface area contributed by atoms with Crippen LogP contribution in [0.2, 0.25) is 0 Å². The highest BCUT2D eigenvalue weighted by Crippen LogP contribution is 2.14. The first kappa shape index (κ1) is 13.9. The lowest BCUT2D eigenvalue weighted by molar-refractivity contribution is 0.588. The summed E-state index contributed by atoms with van der Waals surface area (Å²) in [5.41, 5.74) is 7.01. The number of thiocarbonyl (C=S) groups is 1. The molecule has 17 heavy (non-hydrogen) atoms. The molecule has 0 heterocycles. The van der Waals surface area contributed by atoms with Crippen LogP contribution in [0.1, 0.15) is 5.56 Å². The third-order valence-corrected chi connectivity index (χ3v) is 3.77. The van der Waals surface area contributed by atoms with Gasteiger partial charge in [0, 0.05) is 17.8 Å². The SMILES string of the molecule is CNS(=O)(=O)CCNc1ccccc1C(N)=S. The summed E-state index contributed by atoms with van der Waals surface area (Å²) < 4.78 is 24.7. The molecule has 0 radical (unpaired) electrons. The molecule has 5 nitrogen and oxygen atoms in total. The second-order valence-corrected chi connectivity index (χ2v) is 5.85. The van der Waals surface area contributed by atoms with Crippen molar-refractivity contribution in [1.29, 1.82) is 0 Å². The van der Waals surface area contributed by atoms with Crippen molar-refractivity contribution in [2.45, 2.75) is 0 Å². The number of nitrogens with one attached hydrogen (secondary N) is 2. The molecule has 1 aromatic rings. The molecule has 1 aromatic carbocycles. The first-order valence-electron chi connectivity index (χ1n) is 5.00. The topological polar surface area (TPSA) is 84.2 Å². The molecule has 7 heteroatoms. The first-order chi connectivity index (χ1) is 7.96. The summed E-state index contributed by atoms with van der Waals surface area (Å²) in [7, 11) is -1.81. The van der Waals surface area contributed by atoms with E-state index in [1.165, 1.54) is 7.05 Å². The van der Waals surface area contributed by atoms with Gasteiger partial charge in [-0.25, -0.2) is 13.1 Å². The van der Waals surface area contributed by atoms with Crippen molar-refractivity contribution in [3.8, 4) is 0 Å². The number of nitrogens with two attached hydrogens (primary N) is 1. The van der Waals surface area contributed by atoms with Gasteiger partial charge in [-0.3, -0.25) is 0 Å². The van der Waals surface area contributed by atoms with Crippen LogP contribution in [0.3, 0.4) is 0 Å². The Morgan fingerprint density at radius 2 is 2.06 bits per heavy atom. The monoisotopic (exact) mass is 273 g/mol. The zero-order valence-electron chi connectivity index (χ0n) is 9.43. The minimum absolute atomic E-state index is 0.00479. The van der Waals surface area contributed by atoms with Crippen LogP contribution in [0.5, 0.6) is 0 Å². The second-order valence-electron chi connectivity index (χ2n) is 3.36. The zero-order chi connectivity index (χ0) is 12.9. The van der Waals surface area contributed by atoms with Crippen molar-refractivity contribution < 1.29 is 8.42 Å². The average molecular weight is 273 g/mol. The molecule has 0 saturated heterocycles. The highest BCUT2D eigenvalue weighted by molar-refractivity contribution is 7.89. The van der Waals surface area contributed by atoms with Gasteiger partial charge in [0.25, 0.3) is 0 Å². The number of benzene rings is 1. The van der Waals surface area contributed by atoms with Crippen LogP contribution < -0.4 is 15.8 Å². The number of anilines is 1. The van der Waals surface area contributed by atoms with Crippen molar-refractivity contribution in [2.75, 3.05) is 24.7 Å². The van der Waals surface area contributed by atoms with Gasteiger partial charge in [-0.2, -0.15) is 0 Å². The van der Waals surface area contributed by atoms with E-state index in [2.05, 4.69) is 10.0 Å². The fraction of sp³-hybridized carbons (Fsp3) is 0.300. The highest BCUT2D eigenvalue weighted by atomic mass is 32.2. The van der Waals surface area contributed by atoms with E-state index in [1.807, 2.05) is 12.1 Å². The minimum atomic E-state index is -3.20. The average Bonchev–Trinajstić information content (AvgIpc) is 2.29. The molecule has 0 saturated carbocycles. The Bertz CT molecular complexity index is 500. The third-order valence-electron chi connectivity index (χ3n) is 2.19. The summed E-state index contributed by atoms with van der Waals surface area (Å²) in [4.78, 5) is 0.282. The van der Waals surface area contributed by atoms with Gasteiger partial charge in [0.15, 0.2) is 0 Å². The van der Waals surface area contributed by atoms with Crippen LogP contribution in [0.15, 0.2) is 24.3 Å². The van der Waals surface area contributed by atoms with Crippen LogP contribution in [-0.4, -0.2) is 32.8 Å². The van der Waals surface area contributed by atoms with Crippen LogP contribution in [-0.2, 0) is 10.0 Å². The van der Waals surface area contributed by atoms with Crippen molar-refractivity contribution >= 4 is 32.9 Å². The van der Waals surface area contributed by atoms with Gasteiger partial charge in [0.05, 0.1) is 5.75 Å². The van der Waals surface area contributed by atoms with Gasteiger partial charge in [-0.05, 0) is 19.2 Å². The Balaban J connectivity index is 2.67. The normalized spacial score (nSPS) is 11.1. The van der Waals surface area contributed by atoms with E-state index in [4.69, 9.17) is 18.0 Å². The maximum Gasteiger partial charge on any atom is 0.213 e. The largest absolute Gasteiger partial charge is 0.389 e. The molecule has 0 amide bonds. The molecular formula is C10H15N3O2S2. The Kier molecular flexibility index (Phi) is 4.86. The quantitative estimate of drug-likeness (QED) is 0.648. The Hall–Kier alpha value is -1.18. The molecule has 0 aliphatic rings. The molecule has 0 aromatic heterocycles. The molecule has 4 N–H and O–H groups in total. The van der Waals surface area contributed by atoms with E-state index in [9.17, 15) is 8.42 Å². The molecule has 94 valence electrons. The second kappa shape index (κ2) is 5.95. The fourth-order valence-corrected chi connectivity index (χ4v) is 2.03. The lowest BCUT2D eigenvalue weighted by Gasteiger charge is -2.10. The van der Waals surface area contributed by atoms with Crippen molar-refractivity contribution in [3.63, 3.8) is 0 Å². The summed E-state index contributed by atoms with van der Waals surface area (Å²) in [5, 5.41) is 3.00. The summed E-state index contributed by atoms with van der Waals surface area (Å²) in [6.45, 7) is 0.294. The molecule has 0 bridgehead atoms. The van der Waals surface area contributed by atoms with E-state index < -0.39 is 10.0 Å². The maximum absolute atomic E-state index is 11.2. The van der Waals surface area contributed by atoms with Gasteiger partial charge in [0.2, 0.25) is 10.0 Å². The van der Waals surface area contributed by atoms with Crippen LogP contribution in [0.4, 0.5) is 5.69 Å². The summed E-state index contributed by atoms with van der Waals surface area (Å²) in [5.74, 6) is -0.00479. The minimum Gasteiger partial charge on any atom is -0.389 e. The molecule has 0 aliphatic heterocycles. The third kappa shape index (κ3) is 4.29. The summed E-state index contributed by atoms with van der Waals surface area (Å²) >= 11 is 4.90. The molecule has 0 spiro atoms. The van der Waals surface area contributed by atoms with E-state index in [-0.39, 0.29) is 10.7 Å². The number of hydrogen-bond donors (Lipinski definition) is 3. The van der Waals surface area contributed by atoms with Crippen LogP contribution >= 0.6 is 12.2 Å². The van der Waals surface area contributed by atoms with E-state index in [0.717, 1.165) is 5.69 Å².